The molecule has 4 heteroatoms. The Morgan fingerprint density at radius 2 is 1.91 bits per heavy atom. The monoisotopic (exact) mass is 322 g/mol. The molecule has 116 valence electrons. The number of nitrogens with one attached hydrogen (secondary N) is 1. The van der Waals surface area contributed by atoms with E-state index in [2.05, 4.69) is 40.2 Å². The van der Waals surface area contributed by atoms with Crippen molar-refractivity contribution in [3.63, 3.8) is 0 Å². The minimum Gasteiger partial charge on any atom is -0.392 e. The summed E-state index contributed by atoms with van der Waals surface area (Å²) in [4.78, 5) is 6.61. The molecule has 3 nitrogen and oxygen atoms in total. The van der Waals surface area contributed by atoms with Crippen LogP contribution in [-0.4, -0.2) is 26.5 Å². The van der Waals surface area contributed by atoms with Gasteiger partial charge in [-0.25, -0.2) is 0 Å². The van der Waals surface area contributed by atoms with Crippen LogP contribution in [0, 0.1) is 0 Å². The first-order valence-corrected chi connectivity index (χ1v) is 8.24. The summed E-state index contributed by atoms with van der Waals surface area (Å²) in [5, 5.41) is 10.5. The molecule has 0 saturated heterocycles. The molecule has 3 aromatic rings. The first kappa shape index (κ1) is 14.4. The van der Waals surface area contributed by atoms with Crippen molar-refractivity contribution in [2.75, 3.05) is 6.54 Å². The van der Waals surface area contributed by atoms with Gasteiger partial charge in [-0.15, -0.1) is 0 Å². The highest BCUT2D eigenvalue weighted by Crippen LogP contribution is 2.29. The number of aromatic amines is 1. The molecule has 4 rings (SSSR count). The first-order chi connectivity index (χ1) is 11.3. The largest absolute Gasteiger partial charge is 0.392 e. The smallest absolute Gasteiger partial charge is 0.126 e. The number of aromatic nitrogens is 1. The zero-order valence-corrected chi connectivity index (χ0v) is 13.6. The SMILES string of the molecule is OCc1ccc2[nH]c3c(c2c1)CCN(Cc1ccccc1)C3=S. The lowest BCUT2D eigenvalue weighted by atomic mass is 10.0. The van der Waals surface area contributed by atoms with Gasteiger partial charge in [0.1, 0.15) is 4.99 Å². The van der Waals surface area contributed by atoms with Crippen LogP contribution in [0.2, 0.25) is 0 Å². The van der Waals surface area contributed by atoms with Crippen molar-refractivity contribution in [1.82, 2.24) is 9.88 Å². The maximum absolute atomic E-state index is 9.35. The van der Waals surface area contributed by atoms with Crippen molar-refractivity contribution in [2.45, 2.75) is 19.6 Å². The van der Waals surface area contributed by atoms with E-state index in [1.54, 1.807) is 0 Å². The standard InChI is InChI=1S/C19H18N2OS/c22-12-14-6-7-17-16(10-14)15-8-9-21(19(23)18(15)20-17)11-13-4-2-1-3-5-13/h1-7,10,20,22H,8-9,11-12H2. The third-order valence-electron chi connectivity index (χ3n) is 4.50. The average molecular weight is 322 g/mol. The van der Waals surface area contributed by atoms with Crippen LogP contribution < -0.4 is 0 Å². The maximum atomic E-state index is 9.35. The molecule has 23 heavy (non-hydrogen) atoms. The Kier molecular flexibility index (Phi) is 3.63. The lowest BCUT2D eigenvalue weighted by Gasteiger charge is -2.29. The Hall–Kier alpha value is -2.17. The normalized spacial score (nSPS) is 14.3. The number of aliphatic hydroxyl groups is 1. The van der Waals surface area contributed by atoms with Crippen LogP contribution in [0.15, 0.2) is 48.5 Å². The highest BCUT2D eigenvalue weighted by molar-refractivity contribution is 7.80. The Morgan fingerprint density at radius 3 is 2.70 bits per heavy atom. The van der Waals surface area contributed by atoms with Crippen LogP contribution in [0.5, 0.6) is 0 Å². The van der Waals surface area contributed by atoms with Gasteiger partial charge < -0.3 is 15.0 Å². The quantitative estimate of drug-likeness (QED) is 0.726. The minimum absolute atomic E-state index is 0.0699. The second kappa shape index (κ2) is 5.80. The Bertz CT molecular complexity index is 870. The summed E-state index contributed by atoms with van der Waals surface area (Å²) in [6.45, 7) is 1.84. The van der Waals surface area contributed by atoms with Crippen molar-refractivity contribution in [3.05, 3.63) is 70.9 Å². The molecule has 1 aromatic heterocycles. The van der Waals surface area contributed by atoms with Crippen LogP contribution >= 0.6 is 12.2 Å². The molecule has 2 aromatic carbocycles. The topological polar surface area (TPSA) is 39.3 Å². The van der Waals surface area contributed by atoms with E-state index in [1.807, 2.05) is 18.2 Å². The molecule has 0 bridgehead atoms. The number of rotatable bonds is 3. The lowest BCUT2D eigenvalue weighted by Crippen LogP contribution is -2.36. The van der Waals surface area contributed by atoms with Gasteiger partial charge >= 0.3 is 0 Å². The average Bonchev–Trinajstić information content (AvgIpc) is 2.97. The molecule has 1 aliphatic heterocycles. The van der Waals surface area contributed by atoms with Gasteiger partial charge in [-0.3, -0.25) is 0 Å². The molecule has 0 aliphatic carbocycles. The van der Waals surface area contributed by atoms with Crippen molar-refractivity contribution in [2.24, 2.45) is 0 Å². The van der Waals surface area contributed by atoms with Crippen molar-refractivity contribution < 1.29 is 5.11 Å². The summed E-state index contributed by atoms with van der Waals surface area (Å²) >= 11 is 5.73. The molecule has 2 N–H and O–H groups in total. The second-order valence-electron chi connectivity index (χ2n) is 5.98. The van der Waals surface area contributed by atoms with E-state index < -0.39 is 0 Å². The fourth-order valence-electron chi connectivity index (χ4n) is 3.30. The molecule has 0 radical (unpaired) electrons. The number of benzene rings is 2. The van der Waals surface area contributed by atoms with Crippen molar-refractivity contribution in [1.29, 1.82) is 0 Å². The van der Waals surface area contributed by atoms with Crippen molar-refractivity contribution in [3.8, 4) is 0 Å². The van der Waals surface area contributed by atoms with Crippen LogP contribution in [0.3, 0.4) is 0 Å². The van der Waals surface area contributed by atoms with Gasteiger partial charge in [0.2, 0.25) is 0 Å². The van der Waals surface area contributed by atoms with Gasteiger partial charge in [0.05, 0.1) is 12.3 Å². The minimum atomic E-state index is 0.0699. The summed E-state index contributed by atoms with van der Waals surface area (Å²) in [7, 11) is 0. The molecule has 0 atom stereocenters. The first-order valence-electron chi connectivity index (χ1n) is 7.84. The van der Waals surface area contributed by atoms with Gasteiger partial charge in [-0.2, -0.15) is 0 Å². The third-order valence-corrected chi connectivity index (χ3v) is 4.96. The van der Waals surface area contributed by atoms with E-state index in [0.29, 0.717) is 0 Å². The van der Waals surface area contributed by atoms with Crippen LogP contribution in [-0.2, 0) is 19.6 Å². The van der Waals surface area contributed by atoms with E-state index in [4.69, 9.17) is 12.2 Å². The lowest BCUT2D eigenvalue weighted by molar-refractivity contribution is 0.282. The Labute approximate surface area is 140 Å². The Balaban J connectivity index is 1.69. The molecule has 1 aliphatic rings. The summed E-state index contributed by atoms with van der Waals surface area (Å²) in [5.74, 6) is 0. The van der Waals surface area contributed by atoms with Gasteiger partial charge in [-0.05, 0) is 35.2 Å². The van der Waals surface area contributed by atoms with E-state index in [-0.39, 0.29) is 6.61 Å². The van der Waals surface area contributed by atoms with Gasteiger partial charge in [0.15, 0.2) is 0 Å². The molecule has 2 heterocycles. The van der Waals surface area contributed by atoms with Crippen LogP contribution in [0.25, 0.3) is 10.9 Å². The van der Waals surface area contributed by atoms with E-state index >= 15 is 0 Å². The highest BCUT2D eigenvalue weighted by Gasteiger charge is 2.24. The summed E-state index contributed by atoms with van der Waals surface area (Å²) in [6, 6.07) is 16.5. The number of H-pyrrole nitrogens is 1. The van der Waals surface area contributed by atoms with E-state index in [1.165, 1.54) is 16.5 Å². The van der Waals surface area contributed by atoms with Crippen LogP contribution in [0.1, 0.15) is 22.4 Å². The number of fused-ring (bicyclic) bond motifs is 3. The van der Waals surface area contributed by atoms with E-state index in [9.17, 15) is 5.11 Å². The highest BCUT2D eigenvalue weighted by atomic mass is 32.1. The zero-order valence-electron chi connectivity index (χ0n) is 12.7. The molecule has 0 amide bonds. The number of thiocarbonyl (C=S) groups is 1. The van der Waals surface area contributed by atoms with Crippen molar-refractivity contribution >= 4 is 28.1 Å². The number of hydrogen-bond acceptors (Lipinski definition) is 2. The summed E-state index contributed by atoms with van der Waals surface area (Å²) in [6.07, 6.45) is 0.969. The predicted molar refractivity (Wildman–Crippen MR) is 96.5 cm³/mol. The molecular weight excluding hydrogens is 304 g/mol. The molecule has 0 fully saturated rings. The van der Waals surface area contributed by atoms with Gasteiger partial charge in [0, 0.05) is 24.0 Å². The zero-order chi connectivity index (χ0) is 15.8. The summed E-state index contributed by atoms with van der Waals surface area (Å²) in [5.41, 5.74) is 5.65. The molecule has 0 spiro atoms. The molecule has 0 unspecified atom stereocenters. The Morgan fingerprint density at radius 1 is 1.09 bits per heavy atom. The summed E-state index contributed by atoms with van der Waals surface area (Å²) < 4.78 is 0. The number of nitrogens with zero attached hydrogens (tertiary/aromatic N) is 1. The second-order valence-corrected chi connectivity index (χ2v) is 6.37. The fraction of sp³-hybridized carbons (Fsp3) is 0.211. The van der Waals surface area contributed by atoms with E-state index in [0.717, 1.165) is 41.3 Å². The number of aliphatic hydroxyl groups excluding tert-OH is 1. The fourth-order valence-corrected chi connectivity index (χ4v) is 3.63. The number of hydrogen-bond donors (Lipinski definition) is 2. The van der Waals surface area contributed by atoms with Crippen LogP contribution in [0.4, 0.5) is 0 Å². The predicted octanol–water partition coefficient (Wildman–Crippen LogP) is 3.39. The third kappa shape index (κ3) is 2.54. The molecule has 0 saturated carbocycles. The van der Waals surface area contributed by atoms with Gasteiger partial charge in [0.25, 0.3) is 0 Å². The molecular formula is C19H18N2OS. The maximum Gasteiger partial charge on any atom is 0.126 e. The van der Waals surface area contributed by atoms with Gasteiger partial charge in [-0.1, -0.05) is 48.6 Å².